The van der Waals surface area contributed by atoms with E-state index >= 15 is 0 Å². The fourth-order valence-electron chi connectivity index (χ4n) is 3.59. The van der Waals surface area contributed by atoms with Gasteiger partial charge in [0, 0.05) is 25.2 Å². The summed E-state index contributed by atoms with van der Waals surface area (Å²) in [5.74, 6) is -0.247. The lowest BCUT2D eigenvalue weighted by atomic mass is 9.99. The van der Waals surface area contributed by atoms with Gasteiger partial charge in [0.05, 0.1) is 17.8 Å². The molecule has 0 radical (unpaired) electrons. The standard InChI is InChI=1S/C21H28N2O3/c1-14-11-23(12-15(2)26-14)21(3,4)13-22-20(25)18-9-16-7-5-6-8-17(16)10-19(18)24/h5-10,14-15,24H,11-13H2,1-4H3,(H,22,25)/t14-,15-/m0/s1. The Morgan fingerprint density at radius 3 is 2.38 bits per heavy atom. The van der Waals surface area contributed by atoms with Crippen LogP contribution in [0.15, 0.2) is 36.4 Å². The van der Waals surface area contributed by atoms with Gasteiger partial charge in [-0.3, -0.25) is 9.69 Å². The number of amides is 1. The molecule has 1 fully saturated rings. The number of phenols is 1. The Bertz CT molecular complexity index is 793. The van der Waals surface area contributed by atoms with Crippen LogP contribution in [0.25, 0.3) is 10.8 Å². The Labute approximate surface area is 155 Å². The summed E-state index contributed by atoms with van der Waals surface area (Å²) < 4.78 is 5.80. The van der Waals surface area contributed by atoms with Gasteiger partial charge in [-0.05, 0) is 50.6 Å². The molecule has 2 aromatic carbocycles. The van der Waals surface area contributed by atoms with Crippen molar-refractivity contribution in [2.24, 2.45) is 0 Å². The van der Waals surface area contributed by atoms with Crippen LogP contribution in [-0.4, -0.2) is 53.3 Å². The first-order valence-electron chi connectivity index (χ1n) is 9.17. The zero-order chi connectivity index (χ0) is 18.9. The predicted octanol–water partition coefficient (Wildman–Crippen LogP) is 3.16. The van der Waals surface area contributed by atoms with Crippen LogP contribution in [0.3, 0.4) is 0 Å². The van der Waals surface area contributed by atoms with Crippen LogP contribution < -0.4 is 5.32 Å². The van der Waals surface area contributed by atoms with E-state index in [0.29, 0.717) is 12.1 Å². The zero-order valence-corrected chi connectivity index (χ0v) is 16.0. The highest BCUT2D eigenvalue weighted by Crippen LogP contribution is 2.25. The van der Waals surface area contributed by atoms with Gasteiger partial charge in [0.25, 0.3) is 5.91 Å². The van der Waals surface area contributed by atoms with Gasteiger partial charge in [0.15, 0.2) is 0 Å². The highest BCUT2D eigenvalue weighted by Gasteiger charge is 2.33. The summed E-state index contributed by atoms with van der Waals surface area (Å²) in [4.78, 5) is 15.0. The SMILES string of the molecule is C[C@H]1CN(C(C)(C)CNC(=O)c2cc3ccccc3cc2O)C[C@H](C)O1. The summed E-state index contributed by atoms with van der Waals surface area (Å²) in [5.41, 5.74) is 0.109. The number of carbonyl (C=O) groups excluding carboxylic acids is 1. The summed E-state index contributed by atoms with van der Waals surface area (Å²) in [7, 11) is 0. The molecule has 5 heteroatoms. The molecule has 0 spiro atoms. The number of aromatic hydroxyl groups is 1. The summed E-state index contributed by atoms with van der Waals surface area (Å²) >= 11 is 0. The van der Waals surface area contributed by atoms with Crippen molar-refractivity contribution in [3.8, 4) is 5.75 Å². The minimum absolute atomic E-state index is 0.00706. The van der Waals surface area contributed by atoms with Crippen LogP contribution in [0.2, 0.25) is 0 Å². The molecule has 1 heterocycles. The second-order valence-corrected chi connectivity index (χ2v) is 7.87. The molecule has 1 amide bonds. The van der Waals surface area contributed by atoms with Crippen LogP contribution in [-0.2, 0) is 4.74 Å². The van der Waals surface area contributed by atoms with Crippen molar-refractivity contribution < 1.29 is 14.6 Å². The van der Waals surface area contributed by atoms with Crippen molar-refractivity contribution in [3.05, 3.63) is 42.0 Å². The number of rotatable bonds is 4. The van der Waals surface area contributed by atoms with E-state index in [2.05, 4.69) is 37.9 Å². The highest BCUT2D eigenvalue weighted by molar-refractivity contribution is 6.01. The Hall–Kier alpha value is -2.11. The van der Waals surface area contributed by atoms with Gasteiger partial charge in [0.2, 0.25) is 0 Å². The van der Waals surface area contributed by atoms with Crippen molar-refractivity contribution in [2.75, 3.05) is 19.6 Å². The average molecular weight is 356 g/mol. The van der Waals surface area contributed by atoms with E-state index in [1.54, 1.807) is 12.1 Å². The number of carbonyl (C=O) groups is 1. The number of benzene rings is 2. The van der Waals surface area contributed by atoms with Crippen molar-refractivity contribution in [1.82, 2.24) is 10.2 Å². The third-order valence-corrected chi connectivity index (χ3v) is 5.07. The summed E-state index contributed by atoms with van der Waals surface area (Å²) in [6.07, 6.45) is 0.358. The molecule has 2 atom stereocenters. The molecule has 0 unspecified atom stereocenters. The molecule has 26 heavy (non-hydrogen) atoms. The smallest absolute Gasteiger partial charge is 0.255 e. The molecule has 0 saturated carbocycles. The Kier molecular flexibility index (Phi) is 5.21. The van der Waals surface area contributed by atoms with Crippen molar-refractivity contribution >= 4 is 16.7 Å². The number of nitrogens with one attached hydrogen (secondary N) is 1. The van der Waals surface area contributed by atoms with E-state index in [1.807, 2.05) is 24.3 Å². The summed E-state index contributed by atoms with van der Waals surface area (Å²) in [5, 5.41) is 15.1. The first-order valence-corrected chi connectivity index (χ1v) is 9.17. The largest absolute Gasteiger partial charge is 0.507 e. The van der Waals surface area contributed by atoms with E-state index in [4.69, 9.17) is 4.74 Å². The third-order valence-electron chi connectivity index (χ3n) is 5.07. The summed E-state index contributed by atoms with van der Waals surface area (Å²) in [6, 6.07) is 11.1. The summed E-state index contributed by atoms with van der Waals surface area (Å²) in [6.45, 7) is 10.6. The Balaban J connectivity index is 1.71. The number of fused-ring (bicyclic) bond motifs is 1. The van der Waals surface area contributed by atoms with Gasteiger partial charge in [-0.25, -0.2) is 0 Å². The third kappa shape index (κ3) is 4.00. The van der Waals surface area contributed by atoms with Crippen LogP contribution in [0.4, 0.5) is 0 Å². The molecule has 2 aromatic rings. The molecular formula is C21H28N2O3. The first kappa shape index (κ1) is 18.7. The van der Waals surface area contributed by atoms with Gasteiger partial charge in [-0.2, -0.15) is 0 Å². The molecule has 5 nitrogen and oxygen atoms in total. The zero-order valence-electron chi connectivity index (χ0n) is 16.0. The second-order valence-electron chi connectivity index (χ2n) is 7.87. The average Bonchev–Trinajstić information content (AvgIpc) is 2.58. The molecule has 1 aliphatic rings. The number of phenolic OH excluding ortho intramolecular Hbond substituents is 1. The number of ether oxygens (including phenoxy) is 1. The lowest BCUT2D eigenvalue weighted by molar-refractivity contribution is -0.0948. The maximum Gasteiger partial charge on any atom is 0.255 e. The van der Waals surface area contributed by atoms with Gasteiger partial charge in [-0.15, -0.1) is 0 Å². The number of nitrogens with zero attached hydrogens (tertiary/aromatic N) is 1. The number of hydrogen-bond acceptors (Lipinski definition) is 4. The van der Waals surface area contributed by atoms with Crippen LogP contribution >= 0.6 is 0 Å². The number of hydrogen-bond donors (Lipinski definition) is 2. The monoisotopic (exact) mass is 356 g/mol. The van der Waals surface area contributed by atoms with Gasteiger partial charge in [0.1, 0.15) is 5.75 Å². The second kappa shape index (κ2) is 7.25. The van der Waals surface area contributed by atoms with E-state index in [0.717, 1.165) is 23.9 Å². The van der Waals surface area contributed by atoms with Crippen LogP contribution in [0, 0.1) is 0 Å². The molecule has 0 aromatic heterocycles. The minimum Gasteiger partial charge on any atom is -0.507 e. The topological polar surface area (TPSA) is 61.8 Å². The predicted molar refractivity (Wildman–Crippen MR) is 104 cm³/mol. The van der Waals surface area contributed by atoms with E-state index in [9.17, 15) is 9.90 Å². The molecule has 140 valence electrons. The fourth-order valence-corrected chi connectivity index (χ4v) is 3.59. The lowest BCUT2D eigenvalue weighted by Gasteiger charge is -2.45. The Morgan fingerprint density at radius 2 is 1.77 bits per heavy atom. The van der Waals surface area contributed by atoms with Gasteiger partial charge in [-0.1, -0.05) is 24.3 Å². The van der Waals surface area contributed by atoms with E-state index in [-0.39, 0.29) is 29.4 Å². The molecule has 0 bridgehead atoms. The fraction of sp³-hybridized carbons (Fsp3) is 0.476. The van der Waals surface area contributed by atoms with E-state index in [1.165, 1.54) is 0 Å². The van der Waals surface area contributed by atoms with Gasteiger partial charge < -0.3 is 15.2 Å². The molecule has 2 N–H and O–H groups in total. The first-order chi connectivity index (χ1) is 12.3. The van der Waals surface area contributed by atoms with Crippen LogP contribution in [0.1, 0.15) is 38.1 Å². The molecule has 1 saturated heterocycles. The van der Waals surface area contributed by atoms with Crippen molar-refractivity contribution in [3.63, 3.8) is 0 Å². The van der Waals surface area contributed by atoms with Crippen LogP contribution in [0.5, 0.6) is 5.75 Å². The molecular weight excluding hydrogens is 328 g/mol. The molecule has 0 aliphatic carbocycles. The quantitative estimate of drug-likeness (QED) is 0.883. The normalized spacial score (nSPS) is 21.7. The lowest BCUT2D eigenvalue weighted by Crippen LogP contribution is -2.58. The highest BCUT2D eigenvalue weighted by atomic mass is 16.5. The van der Waals surface area contributed by atoms with Gasteiger partial charge >= 0.3 is 0 Å². The van der Waals surface area contributed by atoms with Crippen molar-refractivity contribution in [2.45, 2.75) is 45.4 Å². The molecule has 3 rings (SSSR count). The maximum absolute atomic E-state index is 12.7. The number of morpholine rings is 1. The minimum atomic E-state index is -0.254. The Morgan fingerprint density at radius 1 is 1.19 bits per heavy atom. The molecule has 1 aliphatic heterocycles. The van der Waals surface area contributed by atoms with Crippen molar-refractivity contribution in [1.29, 1.82) is 0 Å². The maximum atomic E-state index is 12.7. The van der Waals surface area contributed by atoms with E-state index < -0.39 is 0 Å².